The van der Waals surface area contributed by atoms with E-state index in [2.05, 4.69) is 67.4 Å². The normalized spacial score (nSPS) is 27.4. The number of unbranched alkanes of at least 4 members (excludes halogenated alkanes) is 1. The Kier molecular flexibility index (Phi) is 11.4. The summed E-state index contributed by atoms with van der Waals surface area (Å²) in [6.45, 7) is 9.77. The molecule has 0 amide bonds. The van der Waals surface area contributed by atoms with Gasteiger partial charge in [0.2, 0.25) is 0 Å². The Morgan fingerprint density at radius 3 is 2.67 bits per heavy atom. The van der Waals surface area contributed by atoms with Crippen molar-refractivity contribution < 1.29 is 19.9 Å². The summed E-state index contributed by atoms with van der Waals surface area (Å²) in [5, 5.41) is 8.99. The van der Waals surface area contributed by atoms with Crippen LogP contribution in [0.5, 0.6) is 0 Å². The molecule has 0 aromatic carbocycles. The molecule has 10 nitrogen and oxygen atoms in total. The van der Waals surface area contributed by atoms with Gasteiger partial charge in [0, 0.05) is 45.7 Å². The minimum absolute atomic E-state index is 0.0720. The molecule has 11 heteroatoms. The second-order valence-corrected chi connectivity index (χ2v) is 13.2. The monoisotopic (exact) mass is 601 g/mol. The van der Waals surface area contributed by atoms with E-state index in [1.54, 1.807) is 0 Å². The Morgan fingerprint density at radius 1 is 1.19 bits per heavy atom. The summed E-state index contributed by atoms with van der Waals surface area (Å²) in [5.74, 6) is 7.98. The molecule has 5 unspecified atom stereocenters. The summed E-state index contributed by atoms with van der Waals surface area (Å²) in [4.78, 5) is 27.6. The maximum atomic E-state index is 12.8. The maximum absolute atomic E-state index is 12.8. The number of ether oxygens (including phenoxy) is 2. The molecule has 230 valence electrons. The molecule has 2 fully saturated rings. The number of fused-ring (bicyclic) bond motifs is 2. The first-order chi connectivity index (χ1) is 20.7. The average Bonchev–Trinajstić information content (AvgIpc) is 3.69. The second kappa shape index (κ2) is 15.4. The lowest BCUT2D eigenvalue weighted by atomic mass is 9.95. The van der Waals surface area contributed by atoms with Gasteiger partial charge >= 0.3 is 5.69 Å². The number of rotatable bonds is 14. The van der Waals surface area contributed by atoms with Crippen LogP contribution in [0.4, 0.5) is 0 Å². The summed E-state index contributed by atoms with van der Waals surface area (Å²) >= 11 is 0. The first-order valence-corrected chi connectivity index (χ1v) is 16.1. The van der Waals surface area contributed by atoms with Crippen molar-refractivity contribution in [2.75, 3.05) is 19.8 Å². The van der Waals surface area contributed by atoms with Crippen molar-refractivity contribution in [3.63, 3.8) is 0 Å². The molecule has 3 aliphatic rings. The highest BCUT2D eigenvalue weighted by molar-refractivity contribution is 7.44. The Bertz CT molecular complexity index is 1310. The Hall–Kier alpha value is -2.30. The summed E-state index contributed by atoms with van der Waals surface area (Å²) < 4.78 is 35.9. The van der Waals surface area contributed by atoms with E-state index in [-0.39, 0.29) is 37.6 Å². The van der Waals surface area contributed by atoms with Crippen molar-refractivity contribution in [3.8, 4) is 17.9 Å². The van der Waals surface area contributed by atoms with E-state index >= 15 is 0 Å². The number of nitriles is 1. The van der Waals surface area contributed by atoms with Gasteiger partial charge in [-0.25, -0.2) is 9.46 Å². The fraction of sp³-hybridized carbons (Fsp3) is 0.710. The predicted octanol–water partition coefficient (Wildman–Crippen LogP) is 4.87. The van der Waals surface area contributed by atoms with E-state index in [9.17, 15) is 9.59 Å². The van der Waals surface area contributed by atoms with E-state index in [0.717, 1.165) is 18.9 Å². The zero-order valence-corrected chi connectivity index (χ0v) is 26.1. The minimum atomic E-state index is -1.55. The summed E-state index contributed by atoms with van der Waals surface area (Å²) in [6.07, 6.45) is 8.62. The van der Waals surface area contributed by atoms with Crippen LogP contribution in [-0.2, 0) is 18.5 Å². The van der Waals surface area contributed by atoms with Gasteiger partial charge in [0.15, 0.2) is 0 Å². The van der Waals surface area contributed by atoms with E-state index in [1.807, 2.05) is 0 Å². The molecule has 1 aromatic heterocycles. The van der Waals surface area contributed by atoms with Crippen molar-refractivity contribution >= 4 is 8.53 Å². The van der Waals surface area contributed by atoms with Crippen LogP contribution in [0.15, 0.2) is 27.9 Å². The highest BCUT2D eigenvalue weighted by Crippen LogP contribution is 2.49. The minimum Gasteiger partial charge on any atom is -0.381 e. The van der Waals surface area contributed by atoms with Gasteiger partial charge in [-0.15, -0.1) is 0 Å². The Balaban J connectivity index is 1.36. The number of aromatic amines is 1. The van der Waals surface area contributed by atoms with Gasteiger partial charge in [-0.1, -0.05) is 24.0 Å². The standard InChI is InChI=1S/C31H45N4O6P/c1-21(2)35(22(3)4)42(39-15-9-13-32)41-28-18-29(40-23(28)5)34-19-26(30(36)33-31(34)37)10-7-6-8-14-38-20-27-17-24-11-12-25(27)16-24/h11-12,19,21-25,27-29H,6,8-9,14-18,20H2,1-5H3,(H,33,36,37)/t23-,24?,25?,27?,28?,29-,42?/m1/s1/i5D. The molecule has 2 aliphatic carbocycles. The van der Waals surface area contributed by atoms with Crippen LogP contribution < -0.4 is 11.2 Å². The topological polar surface area (TPSA) is 119 Å². The van der Waals surface area contributed by atoms with Crippen LogP contribution >= 0.6 is 8.53 Å². The van der Waals surface area contributed by atoms with Crippen LogP contribution in [0.2, 0.25) is 0 Å². The first-order valence-electron chi connectivity index (χ1n) is 15.7. The van der Waals surface area contributed by atoms with Gasteiger partial charge in [0.05, 0.1) is 31.3 Å². The molecule has 2 bridgehead atoms. The number of aromatic nitrogens is 2. The molecule has 0 radical (unpaired) electrons. The molecule has 1 N–H and O–H groups in total. The van der Waals surface area contributed by atoms with E-state index in [1.165, 1.54) is 23.6 Å². The quantitative estimate of drug-likeness (QED) is 0.139. The molecule has 1 aliphatic heterocycles. The largest absolute Gasteiger partial charge is 0.381 e. The van der Waals surface area contributed by atoms with Crippen molar-refractivity contribution in [2.24, 2.45) is 17.8 Å². The fourth-order valence-corrected chi connectivity index (χ4v) is 7.68. The molecule has 1 saturated heterocycles. The highest BCUT2D eigenvalue weighted by Gasteiger charge is 2.39. The van der Waals surface area contributed by atoms with Crippen LogP contribution in [-0.4, -0.2) is 58.3 Å². The van der Waals surface area contributed by atoms with Crippen molar-refractivity contribution in [2.45, 2.75) is 104 Å². The molecule has 4 rings (SSSR count). The first kappa shape index (κ1) is 31.1. The summed E-state index contributed by atoms with van der Waals surface area (Å²) in [7, 11) is -1.55. The van der Waals surface area contributed by atoms with E-state index in [0.29, 0.717) is 31.3 Å². The second-order valence-electron chi connectivity index (χ2n) is 11.8. The number of H-pyrrole nitrogens is 1. The number of nitrogens with zero attached hydrogens (tertiary/aromatic N) is 3. The number of hydrogen-bond acceptors (Lipinski definition) is 8. The van der Waals surface area contributed by atoms with Crippen LogP contribution in [0.25, 0.3) is 0 Å². The zero-order chi connectivity index (χ0) is 30.9. The smallest absolute Gasteiger partial charge is 0.330 e. The van der Waals surface area contributed by atoms with Gasteiger partial charge in [-0.05, 0) is 71.6 Å². The van der Waals surface area contributed by atoms with Crippen LogP contribution in [0.3, 0.4) is 0 Å². The lowest BCUT2D eigenvalue weighted by molar-refractivity contribution is -0.00878. The summed E-state index contributed by atoms with van der Waals surface area (Å²) in [5.41, 5.74) is -0.971. The Labute approximate surface area is 251 Å². The zero-order valence-electron chi connectivity index (χ0n) is 26.2. The molecule has 2 heterocycles. The predicted molar refractivity (Wildman–Crippen MR) is 161 cm³/mol. The average molecular weight is 602 g/mol. The van der Waals surface area contributed by atoms with Crippen molar-refractivity contribution in [1.29, 1.82) is 5.26 Å². The number of hydrogen-bond donors (Lipinski definition) is 1. The highest BCUT2D eigenvalue weighted by atomic mass is 31.2. The van der Waals surface area contributed by atoms with Gasteiger partial charge in [-0.2, -0.15) is 5.26 Å². The fourth-order valence-electron chi connectivity index (χ4n) is 5.93. The lowest BCUT2D eigenvalue weighted by Gasteiger charge is -2.37. The van der Waals surface area contributed by atoms with Crippen molar-refractivity contribution in [1.82, 2.24) is 14.2 Å². The molecule has 1 saturated carbocycles. The maximum Gasteiger partial charge on any atom is 0.330 e. The number of nitrogens with one attached hydrogen (secondary N) is 1. The van der Waals surface area contributed by atoms with E-state index < -0.39 is 38.2 Å². The number of allylic oxidation sites excluding steroid dienone is 2. The van der Waals surface area contributed by atoms with Crippen LogP contribution in [0.1, 0.15) is 86.3 Å². The SMILES string of the molecule is [2H]C[C@H]1O[C@@H](n2cc(C#CCCCOCC3CC4C=CC3C4)c(=O)[nH]c2=O)CC1OP(OCCC#N)N(C(C)C)C(C)C. The lowest BCUT2D eigenvalue weighted by Crippen LogP contribution is -2.35. The van der Waals surface area contributed by atoms with Crippen molar-refractivity contribution in [3.05, 3.63) is 44.8 Å². The molecule has 1 aromatic rings. The van der Waals surface area contributed by atoms with Gasteiger partial charge in [-0.3, -0.25) is 14.3 Å². The molecular weight excluding hydrogens is 555 g/mol. The third-order valence-corrected chi connectivity index (χ3v) is 10.1. The molecule has 7 atom stereocenters. The van der Waals surface area contributed by atoms with Crippen LogP contribution in [0, 0.1) is 40.9 Å². The van der Waals surface area contributed by atoms with Gasteiger partial charge < -0.3 is 18.5 Å². The van der Waals surface area contributed by atoms with Gasteiger partial charge in [0.25, 0.3) is 14.1 Å². The molecule has 0 spiro atoms. The summed E-state index contributed by atoms with van der Waals surface area (Å²) in [6, 6.07) is 2.33. The molecular formula is C31H45N4O6P. The molecule has 42 heavy (non-hydrogen) atoms. The van der Waals surface area contributed by atoms with E-state index in [4.69, 9.17) is 25.2 Å². The third kappa shape index (κ3) is 8.41. The third-order valence-electron chi connectivity index (χ3n) is 7.91. The van der Waals surface area contributed by atoms with Gasteiger partial charge in [0.1, 0.15) is 11.8 Å². The Morgan fingerprint density at radius 2 is 2.00 bits per heavy atom.